The summed E-state index contributed by atoms with van der Waals surface area (Å²) in [5, 5.41) is 4.01. The molecule has 1 atom stereocenters. The van der Waals surface area contributed by atoms with E-state index in [9.17, 15) is 9.59 Å². The van der Waals surface area contributed by atoms with Crippen LogP contribution in [0, 0.1) is 0 Å². The first-order chi connectivity index (χ1) is 21.0. The molecule has 2 amide bonds. The zero-order valence-electron chi connectivity index (χ0n) is 26.1. The summed E-state index contributed by atoms with van der Waals surface area (Å²) in [4.78, 5) is 41.7. The average molecular weight is 635 g/mol. The number of aromatic nitrogens is 2. The number of thioether (sulfide) groups is 1. The van der Waals surface area contributed by atoms with E-state index < -0.39 is 0 Å². The van der Waals surface area contributed by atoms with Crippen LogP contribution < -0.4 is 10.2 Å². The Balaban J connectivity index is 1.10. The number of amides is 2. The Bertz CT molecular complexity index is 1420. The lowest BCUT2D eigenvalue weighted by Crippen LogP contribution is -2.54. The van der Waals surface area contributed by atoms with E-state index in [0.717, 1.165) is 32.5 Å². The Morgan fingerprint density at radius 3 is 2.34 bits per heavy atom. The van der Waals surface area contributed by atoms with Gasteiger partial charge in [-0.1, -0.05) is 86.6 Å². The number of hydrogen-bond acceptors (Lipinski definition) is 7. The number of carbonyl (C=O) groups is 2. The van der Waals surface area contributed by atoms with Crippen LogP contribution in [0.1, 0.15) is 62.0 Å². The van der Waals surface area contributed by atoms with Crippen LogP contribution in [0.2, 0.25) is 5.15 Å². The quantitative estimate of drug-likeness (QED) is 0.195. The molecule has 5 rings (SSSR count). The summed E-state index contributed by atoms with van der Waals surface area (Å²) in [6, 6.07) is 20.4. The number of nitrogens with one attached hydrogen (secondary N) is 1. The van der Waals surface area contributed by atoms with Gasteiger partial charge in [0.25, 0.3) is 5.91 Å². The number of nitrogens with zero attached hydrogens (tertiary/aromatic N) is 5. The summed E-state index contributed by atoms with van der Waals surface area (Å²) < 4.78 is 0. The number of rotatable bonds is 8. The second-order valence-electron chi connectivity index (χ2n) is 12.8. The molecule has 8 nitrogen and oxygen atoms in total. The van der Waals surface area contributed by atoms with Crippen LogP contribution in [0.25, 0.3) is 0 Å². The number of halogens is 1. The zero-order chi connectivity index (χ0) is 31.3. The number of hydrogen-bond donors (Lipinski definition) is 1. The molecule has 3 heterocycles. The van der Waals surface area contributed by atoms with Gasteiger partial charge in [0, 0.05) is 63.0 Å². The molecular weight excluding hydrogens is 592 g/mol. The lowest BCUT2D eigenvalue weighted by atomic mass is 9.86. The highest BCUT2D eigenvalue weighted by Gasteiger charge is 2.29. The largest absolute Gasteiger partial charge is 0.353 e. The van der Waals surface area contributed by atoms with Gasteiger partial charge in [0.15, 0.2) is 5.16 Å². The maximum Gasteiger partial charge on any atom is 0.254 e. The molecule has 2 aromatic carbocycles. The minimum absolute atomic E-state index is 0.00623. The summed E-state index contributed by atoms with van der Waals surface area (Å²) >= 11 is 7.69. The number of carbonyl (C=O) groups excluding carboxylic acids is 2. The molecular formula is C34H43ClN6O2S. The summed E-state index contributed by atoms with van der Waals surface area (Å²) in [7, 11) is 0. The third-order valence-electron chi connectivity index (χ3n) is 8.41. The highest BCUT2D eigenvalue weighted by atomic mass is 35.5. The molecule has 234 valence electrons. The first-order valence-electron chi connectivity index (χ1n) is 15.4. The minimum atomic E-state index is -0.0158. The molecule has 1 aromatic heterocycles. The van der Waals surface area contributed by atoms with Crippen molar-refractivity contribution in [2.45, 2.75) is 69.7 Å². The molecule has 10 heteroatoms. The number of anilines is 1. The Labute approximate surface area is 270 Å². The monoisotopic (exact) mass is 634 g/mol. The fourth-order valence-corrected chi connectivity index (χ4v) is 6.73. The van der Waals surface area contributed by atoms with Crippen molar-refractivity contribution >= 4 is 41.0 Å². The lowest BCUT2D eigenvalue weighted by Gasteiger charge is -2.40. The fourth-order valence-electron chi connectivity index (χ4n) is 5.83. The van der Waals surface area contributed by atoms with Crippen LogP contribution in [0.15, 0.2) is 65.8 Å². The van der Waals surface area contributed by atoms with Crippen LogP contribution in [-0.2, 0) is 16.8 Å². The average Bonchev–Trinajstić information content (AvgIpc) is 3.00. The predicted octanol–water partition coefficient (Wildman–Crippen LogP) is 5.65. The van der Waals surface area contributed by atoms with Crippen LogP contribution in [0.3, 0.4) is 0 Å². The molecule has 2 aliphatic heterocycles. The van der Waals surface area contributed by atoms with Crippen molar-refractivity contribution in [2.75, 3.05) is 43.4 Å². The van der Waals surface area contributed by atoms with Gasteiger partial charge < -0.3 is 15.1 Å². The molecule has 2 saturated heterocycles. The van der Waals surface area contributed by atoms with Crippen molar-refractivity contribution in [3.05, 3.63) is 82.5 Å². The Morgan fingerprint density at radius 2 is 1.68 bits per heavy atom. The summed E-state index contributed by atoms with van der Waals surface area (Å²) in [6.45, 7) is 13.3. The SMILES string of the molecule is CC1CN(c2cc(Cl)nc(SCC(=O)NC3CCN(Cc4ccccc4)CC3)n2)CCN1C(=O)c1ccc(C(C)(C)C)cc1. The predicted molar refractivity (Wildman–Crippen MR) is 179 cm³/mol. The second kappa shape index (κ2) is 14.3. The van der Waals surface area contributed by atoms with E-state index in [2.05, 4.69) is 72.1 Å². The molecule has 0 bridgehead atoms. The van der Waals surface area contributed by atoms with Crippen LogP contribution in [0.4, 0.5) is 5.82 Å². The van der Waals surface area contributed by atoms with Crippen molar-refractivity contribution in [1.82, 2.24) is 25.1 Å². The van der Waals surface area contributed by atoms with E-state index >= 15 is 0 Å². The molecule has 2 aliphatic rings. The number of piperidine rings is 1. The Morgan fingerprint density at radius 1 is 0.977 bits per heavy atom. The number of likely N-dealkylation sites (tertiary alicyclic amines) is 1. The molecule has 0 aliphatic carbocycles. The molecule has 1 N–H and O–H groups in total. The molecule has 1 unspecified atom stereocenters. The standard InChI is InChI=1S/C34H43ClN6O2S/c1-24-21-40(18-19-41(24)32(43)26-10-12-27(13-11-26)34(2,3)4)30-20-29(35)37-33(38-30)44-23-31(42)36-28-14-16-39(17-15-28)22-25-8-6-5-7-9-25/h5-13,20,24,28H,14-19,21-23H2,1-4H3,(H,36,42). The van der Waals surface area contributed by atoms with Gasteiger partial charge in [-0.25, -0.2) is 9.97 Å². The van der Waals surface area contributed by atoms with E-state index in [-0.39, 0.29) is 35.1 Å². The van der Waals surface area contributed by atoms with Crippen molar-refractivity contribution in [3.8, 4) is 0 Å². The minimum Gasteiger partial charge on any atom is -0.353 e. The van der Waals surface area contributed by atoms with Gasteiger partial charge >= 0.3 is 0 Å². The smallest absolute Gasteiger partial charge is 0.254 e. The van der Waals surface area contributed by atoms with Crippen molar-refractivity contribution in [1.29, 1.82) is 0 Å². The third-order valence-corrected chi connectivity index (χ3v) is 9.45. The van der Waals surface area contributed by atoms with Gasteiger partial charge in [0.1, 0.15) is 11.0 Å². The van der Waals surface area contributed by atoms with Gasteiger partial charge in [-0.2, -0.15) is 0 Å². The molecule has 0 spiro atoms. The van der Waals surface area contributed by atoms with E-state index in [1.54, 1.807) is 6.07 Å². The van der Waals surface area contributed by atoms with E-state index in [0.29, 0.717) is 41.3 Å². The van der Waals surface area contributed by atoms with Gasteiger partial charge in [0.2, 0.25) is 5.91 Å². The van der Waals surface area contributed by atoms with Gasteiger partial charge in [-0.05, 0) is 48.4 Å². The second-order valence-corrected chi connectivity index (χ2v) is 14.2. The van der Waals surface area contributed by atoms with Gasteiger partial charge in [-0.3, -0.25) is 14.5 Å². The van der Waals surface area contributed by atoms with Crippen LogP contribution in [0.5, 0.6) is 0 Å². The normalized spacial score (nSPS) is 18.3. The highest BCUT2D eigenvalue weighted by Crippen LogP contribution is 2.26. The fraction of sp³-hybridized carbons (Fsp3) is 0.471. The number of benzene rings is 2. The Hall–Kier alpha value is -3.14. The molecule has 44 heavy (non-hydrogen) atoms. The first-order valence-corrected chi connectivity index (χ1v) is 16.8. The summed E-state index contributed by atoms with van der Waals surface area (Å²) in [6.07, 6.45) is 1.88. The van der Waals surface area contributed by atoms with Crippen molar-refractivity contribution < 1.29 is 9.59 Å². The third kappa shape index (κ3) is 8.52. The Kier molecular flexibility index (Phi) is 10.5. The zero-order valence-corrected chi connectivity index (χ0v) is 27.7. The lowest BCUT2D eigenvalue weighted by molar-refractivity contribution is -0.119. The van der Waals surface area contributed by atoms with Crippen LogP contribution >= 0.6 is 23.4 Å². The van der Waals surface area contributed by atoms with Crippen molar-refractivity contribution in [2.24, 2.45) is 0 Å². The maximum absolute atomic E-state index is 13.3. The van der Waals surface area contributed by atoms with Gasteiger partial charge in [0.05, 0.1) is 5.75 Å². The van der Waals surface area contributed by atoms with E-state index in [1.807, 2.05) is 35.2 Å². The molecule has 2 fully saturated rings. The van der Waals surface area contributed by atoms with Gasteiger partial charge in [-0.15, -0.1) is 0 Å². The highest BCUT2D eigenvalue weighted by molar-refractivity contribution is 7.99. The van der Waals surface area contributed by atoms with E-state index in [1.165, 1.54) is 22.9 Å². The number of piperazine rings is 1. The molecule has 0 radical (unpaired) electrons. The van der Waals surface area contributed by atoms with Crippen molar-refractivity contribution in [3.63, 3.8) is 0 Å². The van der Waals surface area contributed by atoms with E-state index in [4.69, 9.17) is 16.6 Å². The molecule has 3 aromatic rings. The van der Waals surface area contributed by atoms with Crippen LogP contribution in [-0.4, -0.2) is 82.1 Å². The topological polar surface area (TPSA) is 81.7 Å². The maximum atomic E-state index is 13.3. The molecule has 0 saturated carbocycles. The summed E-state index contributed by atoms with van der Waals surface area (Å²) in [5.74, 6) is 0.976. The summed E-state index contributed by atoms with van der Waals surface area (Å²) in [5.41, 5.74) is 3.27. The first kappa shape index (κ1) is 32.3.